The molecule has 31 heavy (non-hydrogen) atoms. The van der Waals surface area contributed by atoms with E-state index in [1.807, 2.05) is 36.2 Å². The summed E-state index contributed by atoms with van der Waals surface area (Å²) in [5.74, 6) is -0.256. The Kier molecular flexibility index (Phi) is 6.49. The third kappa shape index (κ3) is 4.42. The summed E-state index contributed by atoms with van der Waals surface area (Å²) in [6.45, 7) is 0.522. The fraction of sp³-hybridized carbons (Fsp3) is 0.190. The number of anilines is 1. The van der Waals surface area contributed by atoms with Crippen LogP contribution < -0.4 is 15.1 Å². The first-order valence-electron chi connectivity index (χ1n) is 9.21. The molecule has 3 aromatic rings. The number of para-hydroxylation sites is 1. The molecule has 10 heteroatoms. The average molecular weight is 502 g/mol. The van der Waals surface area contributed by atoms with Crippen LogP contribution in [0.5, 0.6) is 5.88 Å². The van der Waals surface area contributed by atoms with Crippen molar-refractivity contribution in [1.29, 1.82) is 0 Å². The molecule has 1 N–H and O–H groups in total. The zero-order chi connectivity index (χ0) is 22.2. The van der Waals surface area contributed by atoms with Crippen molar-refractivity contribution in [2.75, 3.05) is 18.6 Å². The largest absolute Gasteiger partial charge is 0.472 e. The van der Waals surface area contributed by atoms with Gasteiger partial charge in [0.15, 0.2) is 0 Å². The molecule has 162 valence electrons. The summed E-state index contributed by atoms with van der Waals surface area (Å²) >= 11 is 25.4. The minimum atomic E-state index is -1.44. The molecule has 0 aliphatic carbocycles. The quantitative estimate of drug-likeness (QED) is 0.341. The number of alkyl halides is 1. The fourth-order valence-corrected chi connectivity index (χ4v) is 4.72. The maximum absolute atomic E-state index is 14.8. The van der Waals surface area contributed by atoms with Crippen LogP contribution >= 0.6 is 46.4 Å². The molecule has 1 aliphatic rings. The zero-order valence-electron chi connectivity index (χ0n) is 16.3. The maximum atomic E-state index is 14.8. The van der Waals surface area contributed by atoms with E-state index in [2.05, 4.69) is 10.4 Å². The molecule has 1 atom stereocenters. The molecule has 5 nitrogen and oxygen atoms in total. The molecule has 0 radical (unpaired) electrons. The second-order valence-electron chi connectivity index (χ2n) is 6.96. The number of hydrogen-bond acceptors (Lipinski definition) is 5. The number of hydrazine groups is 1. The van der Waals surface area contributed by atoms with Gasteiger partial charge in [0.2, 0.25) is 11.0 Å². The lowest BCUT2D eigenvalue weighted by atomic mass is 10.1. The average Bonchev–Trinajstić information content (AvgIpc) is 3.02. The number of nitrogens with zero attached hydrogens (tertiary/aromatic N) is 3. The highest BCUT2D eigenvalue weighted by Crippen LogP contribution is 2.43. The van der Waals surface area contributed by atoms with Crippen LogP contribution in [-0.2, 0) is 11.7 Å². The van der Waals surface area contributed by atoms with Crippen molar-refractivity contribution in [3.8, 4) is 5.88 Å². The lowest BCUT2D eigenvalue weighted by Crippen LogP contribution is -2.46. The summed E-state index contributed by atoms with van der Waals surface area (Å²) in [5.41, 5.74) is 4.78. The predicted octanol–water partition coefficient (Wildman–Crippen LogP) is 6.02. The first-order chi connectivity index (χ1) is 14.8. The summed E-state index contributed by atoms with van der Waals surface area (Å²) in [6.07, 6.45) is 1.46. The molecule has 1 fully saturated rings. The lowest BCUT2D eigenvalue weighted by Gasteiger charge is -2.35. The molecule has 0 spiro atoms. The molecular weight excluding hydrogens is 485 g/mol. The minimum absolute atomic E-state index is 0.140. The first-order valence-corrected chi connectivity index (χ1v) is 10.7. The number of aromatic nitrogens is 1. The van der Waals surface area contributed by atoms with E-state index in [0.29, 0.717) is 16.7 Å². The summed E-state index contributed by atoms with van der Waals surface area (Å²) in [5, 5.41) is 1.25. The van der Waals surface area contributed by atoms with Gasteiger partial charge < -0.3 is 9.64 Å². The number of hydrogen-bond donors (Lipinski definition) is 1. The van der Waals surface area contributed by atoms with Gasteiger partial charge in [-0.05, 0) is 24.3 Å². The van der Waals surface area contributed by atoms with E-state index in [4.69, 9.17) is 51.1 Å². The molecule has 2 aromatic carbocycles. The number of benzene rings is 2. The standard InChI is InChI=1S/C21H17Cl4FN4O/c1-29-12-30(21(25,28-29)19-15(23)6-4-7-17(19)26)18-8-3-2-5-13(18)11-31-20-16(24)9-14(22)10-27-20/h2-10,28H,11-12H2,1H3. The van der Waals surface area contributed by atoms with Crippen molar-refractivity contribution in [1.82, 2.24) is 15.4 Å². The fourth-order valence-electron chi connectivity index (χ4n) is 3.46. The maximum Gasteiger partial charge on any atom is 0.232 e. The van der Waals surface area contributed by atoms with E-state index in [0.717, 1.165) is 11.3 Å². The second-order valence-corrected chi connectivity index (χ2v) is 8.75. The van der Waals surface area contributed by atoms with Crippen LogP contribution in [0.1, 0.15) is 11.1 Å². The van der Waals surface area contributed by atoms with Crippen molar-refractivity contribution in [3.63, 3.8) is 0 Å². The van der Waals surface area contributed by atoms with Crippen molar-refractivity contribution in [3.05, 3.63) is 86.7 Å². The molecule has 0 amide bonds. The van der Waals surface area contributed by atoms with Gasteiger partial charge in [-0.3, -0.25) is 0 Å². The number of nitrogens with one attached hydrogen (secondary N) is 1. The van der Waals surface area contributed by atoms with E-state index < -0.39 is 10.9 Å². The van der Waals surface area contributed by atoms with Gasteiger partial charge in [0.25, 0.3) is 0 Å². The first kappa shape index (κ1) is 22.4. The van der Waals surface area contributed by atoms with E-state index in [9.17, 15) is 4.39 Å². The summed E-state index contributed by atoms with van der Waals surface area (Å²) in [6, 6.07) is 13.5. The Hall–Kier alpha value is -1.80. The summed E-state index contributed by atoms with van der Waals surface area (Å²) in [7, 11) is 1.81. The van der Waals surface area contributed by atoms with Gasteiger partial charge in [-0.2, -0.15) is 0 Å². The van der Waals surface area contributed by atoms with E-state index in [1.54, 1.807) is 17.1 Å². The van der Waals surface area contributed by atoms with Gasteiger partial charge in [0, 0.05) is 24.5 Å². The normalized spacial score (nSPS) is 19.1. The molecule has 1 saturated heterocycles. The van der Waals surface area contributed by atoms with Crippen molar-refractivity contribution in [2.45, 2.75) is 11.7 Å². The Labute approximate surface area is 199 Å². The number of rotatable bonds is 5. The topological polar surface area (TPSA) is 40.6 Å². The SMILES string of the molecule is CN1CN(c2ccccc2COc2ncc(Cl)cc2Cl)C(Cl)(c2c(F)cccc2Cl)N1. The highest BCUT2D eigenvalue weighted by molar-refractivity contribution is 6.35. The predicted molar refractivity (Wildman–Crippen MR) is 122 cm³/mol. The molecule has 1 aliphatic heterocycles. The van der Waals surface area contributed by atoms with Gasteiger partial charge in [-0.15, -0.1) is 0 Å². The van der Waals surface area contributed by atoms with Crippen LogP contribution in [0.4, 0.5) is 10.1 Å². The van der Waals surface area contributed by atoms with E-state index >= 15 is 0 Å². The monoisotopic (exact) mass is 500 g/mol. The zero-order valence-corrected chi connectivity index (χ0v) is 19.3. The Balaban J connectivity index is 1.70. The lowest BCUT2D eigenvalue weighted by molar-refractivity contribution is 0.275. The molecule has 0 saturated carbocycles. The highest BCUT2D eigenvalue weighted by Gasteiger charge is 2.47. The van der Waals surface area contributed by atoms with Crippen LogP contribution in [-0.4, -0.2) is 23.7 Å². The number of ether oxygens (including phenoxy) is 1. The van der Waals surface area contributed by atoms with Crippen LogP contribution in [0.25, 0.3) is 0 Å². The van der Waals surface area contributed by atoms with Crippen LogP contribution in [0.15, 0.2) is 54.7 Å². The highest BCUT2D eigenvalue weighted by atomic mass is 35.5. The van der Waals surface area contributed by atoms with E-state index in [1.165, 1.54) is 18.3 Å². The number of halogens is 5. The smallest absolute Gasteiger partial charge is 0.232 e. The molecule has 0 bridgehead atoms. The molecule has 4 rings (SSSR count). The third-order valence-corrected chi connectivity index (χ3v) is 6.05. The van der Waals surface area contributed by atoms with Gasteiger partial charge >= 0.3 is 0 Å². The van der Waals surface area contributed by atoms with Crippen molar-refractivity contribution < 1.29 is 9.13 Å². The Morgan fingerprint density at radius 1 is 1.13 bits per heavy atom. The minimum Gasteiger partial charge on any atom is -0.472 e. The molecule has 1 aromatic heterocycles. The van der Waals surface area contributed by atoms with Gasteiger partial charge in [0.05, 0.1) is 22.3 Å². The van der Waals surface area contributed by atoms with Crippen LogP contribution in [0.2, 0.25) is 15.1 Å². The van der Waals surface area contributed by atoms with E-state index in [-0.39, 0.29) is 23.1 Å². The third-order valence-electron chi connectivity index (χ3n) is 4.78. The Morgan fingerprint density at radius 2 is 1.90 bits per heavy atom. The van der Waals surface area contributed by atoms with Crippen LogP contribution in [0.3, 0.4) is 0 Å². The molecule has 1 unspecified atom stereocenters. The van der Waals surface area contributed by atoms with Gasteiger partial charge in [-0.25, -0.2) is 19.8 Å². The van der Waals surface area contributed by atoms with Crippen LogP contribution in [0, 0.1) is 5.82 Å². The molecule has 2 heterocycles. The number of pyridine rings is 1. The second kappa shape index (κ2) is 8.98. The van der Waals surface area contributed by atoms with Gasteiger partial charge in [0.1, 0.15) is 17.4 Å². The summed E-state index contributed by atoms with van der Waals surface area (Å²) < 4.78 is 20.6. The Bertz CT molecular complexity index is 1100. The van der Waals surface area contributed by atoms with Gasteiger partial charge in [-0.1, -0.05) is 70.7 Å². The Morgan fingerprint density at radius 3 is 2.65 bits per heavy atom. The van der Waals surface area contributed by atoms with Crippen molar-refractivity contribution >= 4 is 52.1 Å². The van der Waals surface area contributed by atoms with Crippen molar-refractivity contribution in [2.24, 2.45) is 0 Å². The summed E-state index contributed by atoms with van der Waals surface area (Å²) in [4.78, 5) is 5.93. The molecular formula is C21H17Cl4FN4O.